The number of hydrogen-bond acceptors (Lipinski definition) is 3. The molecule has 0 heterocycles. The molecule has 0 atom stereocenters. The van der Waals surface area contributed by atoms with Gasteiger partial charge >= 0.3 is 0 Å². The van der Waals surface area contributed by atoms with Crippen molar-refractivity contribution in [2.75, 3.05) is 11.9 Å². The minimum Gasteiger partial charge on any atom is -0.493 e. The lowest BCUT2D eigenvalue weighted by Crippen LogP contribution is -2.05. The number of ketones is 1. The van der Waals surface area contributed by atoms with Gasteiger partial charge in [-0.3, -0.25) is 9.59 Å². The summed E-state index contributed by atoms with van der Waals surface area (Å²) in [6.07, 6.45) is 3.26. The molecule has 0 bridgehead atoms. The van der Waals surface area contributed by atoms with Crippen LogP contribution in [0.4, 0.5) is 5.69 Å². The summed E-state index contributed by atoms with van der Waals surface area (Å²) in [6.45, 7) is 3.86. The maximum Gasteiger partial charge on any atom is 0.221 e. The molecule has 0 aliphatic heterocycles. The van der Waals surface area contributed by atoms with E-state index in [4.69, 9.17) is 4.74 Å². The number of benzene rings is 2. The molecule has 2 rings (SSSR count). The summed E-state index contributed by atoms with van der Waals surface area (Å²) in [5.74, 6) is 0.363. The van der Waals surface area contributed by atoms with Crippen molar-refractivity contribution in [3.63, 3.8) is 0 Å². The van der Waals surface area contributed by atoms with Crippen molar-refractivity contribution in [3.05, 3.63) is 65.7 Å². The fourth-order valence-corrected chi connectivity index (χ4v) is 2.09. The van der Waals surface area contributed by atoms with Crippen LogP contribution >= 0.6 is 0 Å². The third-order valence-corrected chi connectivity index (χ3v) is 3.11. The van der Waals surface area contributed by atoms with Crippen molar-refractivity contribution in [1.82, 2.24) is 0 Å². The zero-order valence-corrected chi connectivity index (χ0v) is 13.2. The van der Waals surface area contributed by atoms with Gasteiger partial charge in [0.2, 0.25) is 5.91 Å². The summed E-state index contributed by atoms with van der Waals surface area (Å²) in [5, 5.41) is 2.70. The van der Waals surface area contributed by atoms with E-state index >= 15 is 0 Å². The highest BCUT2D eigenvalue weighted by atomic mass is 16.5. The Morgan fingerprint density at radius 1 is 1.09 bits per heavy atom. The van der Waals surface area contributed by atoms with Gasteiger partial charge in [-0.15, -0.1) is 0 Å². The van der Waals surface area contributed by atoms with Crippen LogP contribution in [-0.4, -0.2) is 18.3 Å². The van der Waals surface area contributed by atoms with Crippen LogP contribution in [0.5, 0.6) is 5.75 Å². The first-order chi connectivity index (χ1) is 11.1. The highest BCUT2D eigenvalue weighted by molar-refractivity contribution is 6.08. The number of hydrogen-bond donors (Lipinski definition) is 1. The minimum atomic E-state index is -0.115. The van der Waals surface area contributed by atoms with Gasteiger partial charge < -0.3 is 10.1 Å². The van der Waals surface area contributed by atoms with E-state index < -0.39 is 0 Å². The number of rotatable bonds is 6. The second-order valence-electron chi connectivity index (χ2n) is 4.93. The number of allylic oxidation sites excluding steroid dienone is 1. The molecule has 0 saturated carbocycles. The molecular weight excluding hydrogens is 290 g/mol. The van der Waals surface area contributed by atoms with E-state index in [2.05, 4.69) is 5.32 Å². The molecule has 0 radical (unpaired) electrons. The molecule has 0 aliphatic rings. The first kappa shape index (κ1) is 16.5. The van der Waals surface area contributed by atoms with Gasteiger partial charge in [-0.05, 0) is 42.8 Å². The molecule has 4 heteroatoms. The van der Waals surface area contributed by atoms with E-state index in [1.54, 1.807) is 30.3 Å². The van der Waals surface area contributed by atoms with Crippen molar-refractivity contribution < 1.29 is 14.3 Å². The van der Waals surface area contributed by atoms with E-state index in [0.29, 0.717) is 17.9 Å². The third-order valence-electron chi connectivity index (χ3n) is 3.11. The third kappa shape index (κ3) is 4.81. The smallest absolute Gasteiger partial charge is 0.221 e. The Labute approximate surface area is 135 Å². The van der Waals surface area contributed by atoms with E-state index in [0.717, 1.165) is 11.3 Å². The van der Waals surface area contributed by atoms with Crippen molar-refractivity contribution in [3.8, 4) is 5.75 Å². The van der Waals surface area contributed by atoms with Crippen LogP contribution in [0.15, 0.2) is 54.6 Å². The Balaban J connectivity index is 2.10. The number of carbonyl (C=O) groups excluding carboxylic acids is 2. The molecule has 0 saturated heterocycles. The van der Waals surface area contributed by atoms with Gasteiger partial charge in [0.05, 0.1) is 12.2 Å². The molecule has 0 aliphatic carbocycles. The van der Waals surface area contributed by atoms with Crippen molar-refractivity contribution in [2.24, 2.45) is 0 Å². The normalized spacial score (nSPS) is 10.5. The number of nitrogens with one attached hydrogen (secondary N) is 1. The van der Waals surface area contributed by atoms with Crippen molar-refractivity contribution in [2.45, 2.75) is 13.8 Å². The Morgan fingerprint density at radius 3 is 2.43 bits per heavy atom. The summed E-state index contributed by atoms with van der Waals surface area (Å²) in [6, 6.07) is 14.4. The van der Waals surface area contributed by atoms with Crippen LogP contribution in [-0.2, 0) is 4.79 Å². The molecule has 0 spiro atoms. The lowest BCUT2D eigenvalue weighted by molar-refractivity contribution is -0.114. The number of para-hydroxylation sites is 1. The number of amides is 1. The molecule has 0 aromatic heterocycles. The van der Waals surface area contributed by atoms with Gasteiger partial charge in [-0.25, -0.2) is 0 Å². The van der Waals surface area contributed by atoms with E-state index in [1.807, 2.05) is 31.2 Å². The molecule has 0 unspecified atom stereocenters. The fourth-order valence-electron chi connectivity index (χ4n) is 2.09. The Morgan fingerprint density at radius 2 is 1.78 bits per heavy atom. The van der Waals surface area contributed by atoms with E-state index in [1.165, 1.54) is 13.0 Å². The van der Waals surface area contributed by atoms with Crippen LogP contribution in [0.3, 0.4) is 0 Å². The molecule has 4 nitrogen and oxygen atoms in total. The van der Waals surface area contributed by atoms with Crippen LogP contribution in [0.25, 0.3) is 6.08 Å². The van der Waals surface area contributed by atoms with Crippen LogP contribution in [0, 0.1) is 0 Å². The van der Waals surface area contributed by atoms with Crippen LogP contribution in [0.2, 0.25) is 0 Å². The van der Waals surface area contributed by atoms with Crippen molar-refractivity contribution in [1.29, 1.82) is 0 Å². The Kier molecular flexibility index (Phi) is 5.69. The summed E-state index contributed by atoms with van der Waals surface area (Å²) in [7, 11) is 0. The van der Waals surface area contributed by atoms with Crippen molar-refractivity contribution >= 4 is 23.5 Å². The summed E-state index contributed by atoms with van der Waals surface area (Å²) in [4.78, 5) is 23.3. The molecule has 1 amide bonds. The molecule has 23 heavy (non-hydrogen) atoms. The van der Waals surface area contributed by atoms with Gasteiger partial charge in [0.15, 0.2) is 5.78 Å². The van der Waals surface area contributed by atoms with Crippen LogP contribution < -0.4 is 10.1 Å². The van der Waals surface area contributed by atoms with Crippen LogP contribution in [0.1, 0.15) is 29.8 Å². The molecular formula is C19H19NO3. The molecule has 1 N–H and O–H groups in total. The number of carbonyl (C=O) groups is 2. The minimum absolute atomic E-state index is 0.111. The highest BCUT2D eigenvalue weighted by Gasteiger charge is 2.08. The highest BCUT2D eigenvalue weighted by Crippen LogP contribution is 2.19. The molecule has 2 aromatic carbocycles. The zero-order valence-electron chi connectivity index (χ0n) is 13.2. The summed E-state index contributed by atoms with van der Waals surface area (Å²) < 4.78 is 5.47. The average Bonchev–Trinajstić information content (AvgIpc) is 2.54. The number of ether oxygens (including phenoxy) is 1. The standard InChI is InChI=1S/C19H19NO3/c1-3-23-19-7-5-4-6-17(19)18(22)13-10-15-8-11-16(12-9-15)20-14(2)21/h4-13H,3H2,1-2H3,(H,20,21)/b13-10+. The van der Waals surface area contributed by atoms with E-state index in [-0.39, 0.29) is 11.7 Å². The molecule has 2 aromatic rings. The van der Waals surface area contributed by atoms with Gasteiger partial charge in [0.1, 0.15) is 5.75 Å². The first-order valence-corrected chi connectivity index (χ1v) is 7.42. The molecule has 118 valence electrons. The molecule has 0 fully saturated rings. The SMILES string of the molecule is CCOc1ccccc1C(=O)/C=C/c1ccc(NC(C)=O)cc1. The predicted octanol–water partition coefficient (Wildman–Crippen LogP) is 3.94. The Hall–Kier alpha value is -2.88. The lowest BCUT2D eigenvalue weighted by atomic mass is 10.1. The summed E-state index contributed by atoms with van der Waals surface area (Å²) >= 11 is 0. The summed E-state index contributed by atoms with van der Waals surface area (Å²) in [5.41, 5.74) is 2.14. The largest absolute Gasteiger partial charge is 0.493 e. The predicted molar refractivity (Wildman–Crippen MR) is 91.7 cm³/mol. The maximum absolute atomic E-state index is 12.3. The number of anilines is 1. The van der Waals surface area contributed by atoms with Gasteiger partial charge in [-0.1, -0.05) is 30.3 Å². The maximum atomic E-state index is 12.3. The second-order valence-corrected chi connectivity index (χ2v) is 4.93. The monoisotopic (exact) mass is 309 g/mol. The quantitative estimate of drug-likeness (QED) is 0.649. The van der Waals surface area contributed by atoms with Gasteiger partial charge in [0.25, 0.3) is 0 Å². The fraction of sp³-hybridized carbons (Fsp3) is 0.158. The topological polar surface area (TPSA) is 55.4 Å². The zero-order chi connectivity index (χ0) is 16.7. The Bertz CT molecular complexity index is 718. The average molecular weight is 309 g/mol. The van der Waals surface area contributed by atoms with Gasteiger partial charge in [0, 0.05) is 12.6 Å². The van der Waals surface area contributed by atoms with E-state index in [9.17, 15) is 9.59 Å². The second kappa shape index (κ2) is 7.94. The van der Waals surface area contributed by atoms with Gasteiger partial charge in [-0.2, -0.15) is 0 Å². The lowest BCUT2D eigenvalue weighted by Gasteiger charge is -2.07. The first-order valence-electron chi connectivity index (χ1n) is 7.42.